The van der Waals surface area contributed by atoms with E-state index in [0.717, 1.165) is 11.3 Å². The summed E-state index contributed by atoms with van der Waals surface area (Å²) in [5, 5.41) is 2.68. The fraction of sp³-hybridized carbons (Fsp3) is 0.333. The van der Waals surface area contributed by atoms with E-state index in [9.17, 15) is 9.59 Å². The molecule has 0 bridgehead atoms. The smallest absolute Gasteiger partial charge is 0.286 e. The SMILES string of the molecule is CCN(Cc1ccc2c(c1)OCO2)C(=O)CCNC(=O)c1ccco1. The maximum atomic E-state index is 12.4. The number of nitrogens with one attached hydrogen (secondary N) is 1. The quantitative estimate of drug-likeness (QED) is 0.833. The number of hydrogen-bond acceptors (Lipinski definition) is 5. The van der Waals surface area contributed by atoms with Crippen molar-refractivity contribution in [2.75, 3.05) is 19.9 Å². The molecule has 1 aliphatic heterocycles. The van der Waals surface area contributed by atoms with E-state index in [-0.39, 0.29) is 37.3 Å². The second-order valence-electron chi connectivity index (χ2n) is 5.58. The number of carbonyl (C=O) groups excluding carboxylic acids is 2. The van der Waals surface area contributed by atoms with Crippen molar-refractivity contribution in [2.24, 2.45) is 0 Å². The van der Waals surface area contributed by atoms with E-state index in [1.54, 1.807) is 17.0 Å². The molecule has 7 heteroatoms. The van der Waals surface area contributed by atoms with Gasteiger partial charge >= 0.3 is 0 Å². The van der Waals surface area contributed by atoms with Crippen LogP contribution in [0, 0.1) is 0 Å². The molecule has 1 N–H and O–H groups in total. The Balaban J connectivity index is 1.50. The summed E-state index contributed by atoms with van der Waals surface area (Å²) in [7, 11) is 0. The Morgan fingerprint density at radius 1 is 1.20 bits per heavy atom. The molecule has 0 unspecified atom stereocenters. The van der Waals surface area contributed by atoms with Gasteiger partial charge in [-0.25, -0.2) is 0 Å². The van der Waals surface area contributed by atoms with Gasteiger partial charge in [-0.3, -0.25) is 9.59 Å². The average Bonchev–Trinajstić information content (AvgIpc) is 3.30. The van der Waals surface area contributed by atoms with Crippen LogP contribution >= 0.6 is 0 Å². The lowest BCUT2D eigenvalue weighted by Crippen LogP contribution is -2.34. The molecular formula is C18H20N2O5. The molecule has 1 aromatic carbocycles. The molecule has 0 spiro atoms. The predicted octanol–water partition coefficient (Wildman–Crippen LogP) is 2.18. The van der Waals surface area contributed by atoms with E-state index in [1.807, 2.05) is 25.1 Å². The first-order valence-corrected chi connectivity index (χ1v) is 8.15. The van der Waals surface area contributed by atoms with Crippen molar-refractivity contribution in [3.05, 3.63) is 47.9 Å². The summed E-state index contributed by atoms with van der Waals surface area (Å²) in [6.07, 6.45) is 1.66. The maximum absolute atomic E-state index is 12.4. The van der Waals surface area contributed by atoms with Crippen LogP contribution in [0.1, 0.15) is 29.5 Å². The Bertz CT molecular complexity index is 742. The minimum atomic E-state index is -0.323. The molecule has 0 aliphatic carbocycles. The van der Waals surface area contributed by atoms with Crippen molar-refractivity contribution in [3.63, 3.8) is 0 Å². The molecule has 2 amide bonds. The maximum Gasteiger partial charge on any atom is 0.286 e. The third-order valence-corrected chi connectivity index (χ3v) is 3.91. The highest BCUT2D eigenvalue weighted by Crippen LogP contribution is 2.32. The summed E-state index contributed by atoms with van der Waals surface area (Å²) in [6.45, 7) is 3.48. The van der Waals surface area contributed by atoms with E-state index >= 15 is 0 Å². The molecule has 3 rings (SSSR count). The largest absolute Gasteiger partial charge is 0.459 e. The lowest BCUT2D eigenvalue weighted by molar-refractivity contribution is -0.131. The van der Waals surface area contributed by atoms with E-state index in [2.05, 4.69) is 5.32 Å². The number of ether oxygens (including phenoxy) is 2. The number of benzene rings is 1. The van der Waals surface area contributed by atoms with Crippen LogP contribution in [0.3, 0.4) is 0 Å². The van der Waals surface area contributed by atoms with E-state index in [1.165, 1.54) is 6.26 Å². The van der Waals surface area contributed by atoms with Gasteiger partial charge in [-0.1, -0.05) is 6.07 Å². The lowest BCUT2D eigenvalue weighted by atomic mass is 10.2. The number of carbonyl (C=O) groups is 2. The third kappa shape index (κ3) is 4.12. The number of rotatable bonds is 7. The van der Waals surface area contributed by atoms with Crippen LogP contribution in [0.5, 0.6) is 11.5 Å². The van der Waals surface area contributed by atoms with Crippen LogP contribution in [0.4, 0.5) is 0 Å². The van der Waals surface area contributed by atoms with Crippen molar-refractivity contribution in [3.8, 4) is 11.5 Å². The standard InChI is InChI=1S/C18H20N2O5/c1-2-20(11-13-5-6-14-16(10-13)25-12-24-14)17(21)7-8-19-18(22)15-4-3-9-23-15/h3-6,9-10H,2,7-8,11-12H2,1H3,(H,19,22). The molecule has 0 saturated carbocycles. The first-order valence-electron chi connectivity index (χ1n) is 8.15. The minimum Gasteiger partial charge on any atom is -0.459 e. The first kappa shape index (κ1) is 16.9. The van der Waals surface area contributed by atoms with Crippen LogP contribution in [0.15, 0.2) is 41.0 Å². The summed E-state index contributed by atoms with van der Waals surface area (Å²) >= 11 is 0. The number of amides is 2. The highest BCUT2D eigenvalue weighted by Gasteiger charge is 2.17. The van der Waals surface area contributed by atoms with E-state index < -0.39 is 0 Å². The lowest BCUT2D eigenvalue weighted by Gasteiger charge is -2.21. The Morgan fingerprint density at radius 2 is 2.04 bits per heavy atom. The van der Waals surface area contributed by atoms with Gasteiger partial charge in [0.1, 0.15) is 0 Å². The van der Waals surface area contributed by atoms with Gasteiger partial charge in [0.25, 0.3) is 5.91 Å². The van der Waals surface area contributed by atoms with Crippen molar-refractivity contribution in [2.45, 2.75) is 19.9 Å². The molecule has 0 fully saturated rings. The van der Waals surface area contributed by atoms with Gasteiger partial charge in [0.15, 0.2) is 17.3 Å². The zero-order valence-corrected chi connectivity index (χ0v) is 14.0. The predicted molar refractivity (Wildman–Crippen MR) is 89.3 cm³/mol. The van der Waals surface area contributed by atoms with Crippen LogP contribution in [0.2, 0.25) is 0 Å². The van der Waals surface area contributed by atoms with Gasteiger partial charge in [0, 0.05) is 26.1 Å². The minimum absolute atomic E-state index is 0.0279. The molecule has 0 radical (unpaired) electrons. The summed E-state index contributed by atoms with van der Waals surface area (Å²) in [4.78, 5) is 25.9. The second kappa shape index (κ2) is 7.74. The second-order valence-corrected chi connectivity index (χ2v) is 5.58. The van der Waals surface area contributed by atoms with Crippen molar-refractivity contribution in [1.82, 2.24) is 10.2 Å². The van der Waals surface area contributed by atoms with Gasteiger partial charge in [-0.05, 0) is 36.8 Å². The van der Waals surface area contributed by atoms with Gasteiger partial charge in [0.2, 0.25) is 12.7 Å². The zero-order chi connectivity index (χ0) is 17.6. The fourth-order valence-electron chi connectivity index (χ4n) is 2.57. The Hall–Kier alpha value is -2.96. The molecule has 25 heavy (non-hydrogen) atoms. The molecule has 7 nitrogen and oxygen atoms in total. The number of furan rings is 1. The van der Waals surface area contributed by atoms with Crippen LogP contribution in [-0.2, 0) is 11.3 Å². The van der Waals surface area contributed by atoms with Gasteiger partial charge in [-0.15, -0.1) is 0 Å². The van der Waals surface area contributed by atoms with Gasteiger partial charge in [-0.2, -0.15) is 0 Å². The van der Waals surface area contributed by atoms with Crippen molar-refractivity contribution in [1.29, 1.82) is 0 Å². The Morgan fingerprint density at radius 3 is 2.80 bits per heavy atom. The van der Waals surface area contributed by atoms with E-state index in [4.69, 9.17) is 13.9 Å². The third-order valence-electron chi connectivity index (χ3n) is 3.91. The molecule has 132 valence electrons. The van der Waals surface area contributed by atoms with Gasteiger partial charge in [0.05, 0.1) is 6.26 Å². The average molecular weight is 344 g/mol. The number of hydrogen-bond donors (Lipinski definition) is 1. The molecule has 1 aliphatic rings. The van der Waals surface area contributed by atoms with Crippen LogP contribution < -0.4 is 14.8 Å². The monoisotopic (exact) mass is 344 g/mol. The number of nitrogens with zero attached hydrogens (tertiary/aromatic N) is 1. The summed E-state index contributed by atoms with van der Waals surface area (Å²) < 4.78 is 15.7. The first-order chi connectivity index (χ1) is 12.2. The van der Waals surface area contributed by atoms with Crippen LogP contribution in [0.25, 0.3) is 0 Å². The van der Waals surface area contributed by atoms with Crippen molar-refractivity contribution >= 4 is 11.8 Å². The summed E-state index contributed by atoms with van der Waals surface area (Å²) in [5.41, 5.74) is 0.971. The van der Waals surface area contributed by atoms with Crippen LogP contribution in [-0.4, -0.2) is 36.6 Å². The van der Waals surface area contributed by atoms with E-state index in [0.29, 0.717) is 18.8 Å². The highest BCUT2D eigenvalue weighted by atomic mass is 16.7. The molecule has 1 aromatic heterocycles. The zero-order valence-electron chi connectivity index (χ0n) is 14.0. The molecular weight excluding hydrogens is 324 g/mol. The normalized spacial score (nSPS) is 12.0. The summed E-state index contributed by atoms with van der Waals surface area (Å²) in [6, 6.07) is 8.87. The molecule has 2 aromatic rings. The fourth-order valence-corrected chi connectivity index (χ4v) is 2.57. The highest BCUT2D eigenvalue weighted by molar-refractivity contribution is 5.91. The molecule has 0 saturated heterocycles. The topological polar surface area (TPSA) is 81.0 Å². The Kier molecular flexibility index (Phi) is 5.23. The van der Waals surface area contributed by atoms with Gasteiger partial charge < -0.3 is 24.1 Å². The molecule has 2 heterocycles. The van der Waals surface area contributed by atoms with Crippen molar-refractivity contribution < 1.29 is 23.5 Å². The molecule has 0 atom stereocenters. The Labute approximate surface area is 145 Å². The summed E-state index contributed by atoms with van der Waals surface area (Å²) in [5.74, 6) is 1.31. The number of fused-ring (bicyclic) bond motifs is 1.